The van der Waals surface area contributed by atoms with Crippen molar-refractivity contribution in [2.75, 3.05) is 12.3 Å². The minimum Gasteiger partial charge on any atom is -0.444 e. The van der Waals surface area contributed by atoms with E-state index in [1.165, 1.54) is 11.8 Å². The van der Waals surface area contributed by atoms with Crippen LogP contribution in [-0.2, 0) is 12.2 Å². The number of oxazole rings is 1. The fraction of sp³-hybridized carbons (Fsp3) is 0.154. The Kier molecular flexibility index (Phi) is 7.69. The molecule has 0 unspecified atom stereocenters. The van der Waals surface area contributed by atoms with Gasteiger partial charge in [0.25, 0.3) is 0 Å². The second-order valence-corrected chi connectivity index (χ2v) is 9.01. The number of aliphatic hydroxyl groups is 1. The number of aromatic nitrogens is 2. The molecule has 174 valence electrons. The second-order valence-electron chi connectivity index (χ2n) is 7.61. The van der Waals surface area contributed by atoms with E-state index in [1.54, 1.807) is 18.4 Å². The summed E-state index contributed by atoms with van der Waals surface area (Å²) in [4.78, 5) is 8.85. The van der Waals surface area contributed by atoms with Gasteiger partial charge in [0.15, 0.2) is 0 Å². The molecule has 0 aliphatic rings. The Morgan fingerprint density at radius 2 is 1.66 bits per heavy atom. The summed E-state index contributed by atoms with van der Waals surface area (Å²) in [5, 5.41) is 29.8. The molecule has 0 saturated carbocycles. The SMILES string of the molecule is N#Cc1c(N)nc(SCc2coc(-c3ccc(Cl)cc3)n2)c(C#N)c1-c1ccc(CCCO)cc1. The Morgan fingerprint density at radius 1 is 0.971 bits per heavy atom. The Balaban J connectivity index is 1.63. The maximum absolute atomic E-state index is 9.99. The molecule has 2 aromatic carbocycles. The highest BCUT2D eigenvalue weighted by Gasteiger charge is 2.21. The number of aliphatic hydroxyl groups excluding tert-OH is 1. The number of anilines is 1. The van der Waals surface area contributed by atoms with Gasteiger partial charge in [-0.2, -0.15) is 10.5 Å². The van der Waals surface area contributed by atoms with Gasteiger partial charge in [0.2, 0.25) is 5.89 Å². The van der Waals surface area contributed by atoms with E-state index in [0.717, 1.165) is 17.5 Å². The summed E-state index contributed by atoms with van der Waals surface area (Å²) in [6, 6.07) is 19.0. The summed E-state index contributed by atoms with van der Waals surface area (Å²) >= 11 is 7.24. The van der Waals surface area contributed by atoms with Gasteiger partial charge in [0.05, 0.1) is 11.3 Å². The number of thioether (sulfide) groups is 1. The largest absolute Gasteiger partial charge is 0.444 e. The lowest BCUT2D eigenvalue weighted by Gasteiger charge is -2.13. The topological polar surface area (TPSA) is 133 Å². The molecule has 0 spiro atoms. The van der Waals surface area contributed by atoms with Crippen molar-refractivity contribution in [3.63, 3.8) is 0 Å². The Bertz CT molecular complexity index is 1420. The molecule has 0 bridgehead atoms. The molecule has 0 aliphatic carbocycles. The van der Waals surface area contributed by atoms with E-state index in [0.29, 0.717) is 44.9 Å². The van der Waals surface area contributed by atoms with Crippen LogP contribution in [0.5, 0.6) is 0 Å². The third kappa shape index (κ3) is 5.47. The van der Waals surface area contributed by atoms with Gasteiger partial charge in [0.1, 0.15) is 34.8 Å². The van der Waals surface area contributed by atoms with Crippen LogP contribution in [0.1, 0.15) is 28.8 Å². The number of nitriles is 2. The normalized spacial score (nSPS) is 10.6. The summed E-state index contributed by atoms with van der Waals surface area (Å²) in [5.74, 6) is 0.923. The van der Waals surface area contributed by atoms with Crippen LogP contribution in [0.15, 0.2) is 64.2 Å². The number of benzene rings is 2. The maximum Gasteiger partial charge on any atom is 0.226 e. The highest BCUT2D eigenvalue weighted by Crippen LogP contribution is 2.37. The van der Waals surface area contributed by atoms with E-state index in [4.69, 9.17) is 26.9 Å². The third-order valence-corrected chi connectivity index (χ3v) is 6.54. The molecule has 4 rings (SSSR count). The van der Waals surface area contributed by atoms with E-state index in [1.807, 2.05) is 36.4 Å². The van der Waals surface area contributed by atoms with Crippen molar-refractivity contribution in [2.24, 2.45) is 0 Å². The van der Waals surface area contributed by atoms with Crippen LogP contribution in [0.4, 0.5) is 5.82 Å². The minimum atomic E-state index is 0.0652. The number of halogens is 1. The molecule has 4 aromatic rings. The molecular weight excluding hydrogens is 482 g/mol. The summed E-state index contributed by atoms with van der Waals surface area (Å²) < 4.78 is 5.59. The number of nitrogen functional groups attached to an aromatic ring is 1. The summed E-state index contributed by atoms with van der Waals surface area (Å²) in [7, 11) is 0. The second kappa shape index (κ2) is 11.1. The molecule has 35 heavy (non-hydrogen) atoms. The monoisotopic (exact) mass is 501 g/mol. The number of nitrogens with two attached hydrogens (primary N) is 1. The standard InChI is InChI=1S/C26H20ClN5O2S/c27-19-9-7-18(8-10-19)25-31-20(14-34-25)15-35-26-22(13-29)23(21(12-28)24(30)32-26)17-5-3-16(4-6-17)2-1-11-33/h3-10,14,33H,1-2,11,15H2,(H2,30,32). The fourth-order valence-electron chi connectivity index (χ4n) is 3.55. The highest BCUT2D eigenvalue weighted by atomic mass is 35.5. The van der Waals surface area contributed by atoms with Crippen LogP contribution >= 0.6 is 23.4 Å². The van der Waals surface area contributed by atoms with Crippen LogP contribution < -0.4 is 5.73 Å². The predicted molar refractivity (Wildman–Crippen MR) is 135 cm³/mol. The minimum absolute atomic E-state index is 0.0652. The molecule has 0 fully saturated rings. The van der Waals surface area contributed by atoms with Crippen molar-refractivity contribution in [1.82, 2.24) is 9.97 Å². The zero-order valence-electron chi connectivity index (χ0n) is 18.5. The lowest BCUT2D eigenvalue weighted by atomic mass is 9.95. The van der Waals surface area contributed by atoms with Crippen molar-refractivity contribution in [2.45, 2.75) is 23.6 Å². The van der Waals surface area contributed by atoms with E-state index >= 15 is 0 Å². The van der Waals surface area contributed by atoms with Gasteiger partial charge in [-0.3, -0.25) is 0 Å². The van der Waals surface area contributed by atoms with Gasteiger partial charge in [0, 0.05) is 28.5 Å². The van der Waals surface area contributed by atoms with Crippen LogP contribution in [0, 0.1) is 22.7 Å². The lowest BCUT2D eigenvalue weighted by molar-refractivity contribution is 0.288. The third-order valence-electron chi connectivity index (χ3n) is 5.28. The first-order valence-electron chi connectivity index (χ1n) is 10.7. The maximum atomic E-state index is 9.99. The van der Waals surface area contributed by atoms with Gasteiger partial charge in [-0.05, 0) is 48.2 Å². The number of nitrogens with zero attached hydrogens (tertiary/aromatic N) is 4. The van der Waals surface area contributed by atoms with Crippen LogP contribution in [0.25, 0.3) is 22.6 Å². The highest BCUT2D eigenvalue weighted by molar-refractivity contribution is 7.98. The molecule has 0 amide bonds. The van der Waals surface area contributed by atoms with Gasteiger partial charge < -0.3 is 15.3 Å². The van der Waals surface area contributed by atoms with Crippen molar-refractivity contribution in [1.29, 1.82) is 10.5 Å². The van der Waals surface area contributed by atoms with Crippen molar-refractivity contribution < 1.29 is 9.52 Å². The molecule has 2 heterocycles. The first-order valence-corrected chi connectivity index (χ1v) is 12.1. The Morgan fingerprint density at radius 3 is 2.31 bits per heavy atom. The number of rotatable bonds is 8. The van der Waals surface area contributed by atoms with E-state index < -0.39 is 0 Å². The van der Waals surface area contributed by atoms with E-state index in [9.17, 15) is 10.5 Å². The number of hydrogen-bond donors (Lipinski definition) is 2. The lowest BCUT2D eigenvalue weighted by Crippen LogP contribution is -2.03. The first kappa shape index (κ1) is 24.3. The zero-order chi connectivity index (χ0) is 24.8. The molecule has 0 atom stereocenters. The molecule has 0 aliphatic heterocycles. The average molecular weight is 502 g/mol. The van der Waals surface area contributed by atoms with Crippen LogP contribution in [0.3, 0.4) is 0 Å². The van der Waals surface area contributed by atoms with E-state index in [-0.39, 0.29) is 23.6 Å². The van der Waals surface area contributed by atoms with E-state index in [2.05, 4.69) is 22.1 Å². The summed E-state index contributed by atoms with van der Waals surface area (Å²) in [6.45, 7) is 0.118. The Hall–Kier alpha value is -3.82. The zero-order valence-corrected chi connectivity index (χ0v) is 20.1. The first-order chi connectivity index (χ1) is 17.0. The summed E-state index contributed by atoms with van der Waals surface area (Å²) in [5.41, 5.74) is 10.3. The predicted octanol–water partition coefficient (Wildman–Crippen LogP) is 5.60. The van der Waals surface area contributed by atoms with Gasteiger partial charge in [-0.1, -0.05) is 47.6 Å². The Labute approximate surface area is 211 Å². The quantitative estimate of drug-likeness (QED) is 0.298. The van der Waals surface area contributed by atoms with Gasteiger partial charge in [-0.25, -0.2) is 9.97 Å². The van der Waals surface area contributed by atoms with Gasteiger partial charge >= 0.3 is 0 Å². The fourth-order valence-corrected chi connectivity index (χ4v) is 4.55. The molecule has 0 radical (unpaired) electrons. The van der Waals surface area contributed by atoms with Crippen molar-refractivity contribution in [3.8, 4) is 34.7 Å². The number of aryl methyl sites for hydroxylation is 1. The van der Waals surface area contributed by atoms with Crippen LogP contribution in [-0.4, -0.2) is 21.7 Å². The molecule has 3 N–H and O–H groups in total. The van der Waals surface area contributed by atoms with Crippen molar-refractivity contribution >= 4 is 29.2 Å². The summed E-state index contributed by atoms with van der Waals surface area (Å²) in [6.07, 6.45) is 2.96. The number of pyridine rings is 1. The molecular formula is C26H20ClN5O2S. The molecule has 0 saturated heterocycles. The molecule has 7 nitrogen and oxygen atoms in total. The van der Waals surface area contributed by atoms with Crippen molar-refractivity contribution in [3.05, 3.63) is 82.2 Å². The average Bonchev–Trinajstić information content (AvgIpc) is 3.35. The molecule has 9 heteroatoms. The smallest absolute Gasteiger partial charge is 0.226 e. The molecule has 2 aromatic heterocycles. The van der Waals surface area contributed by atoms with Crippen LogP contribution in [0.2, 0.25) is 5.02 Å². The number of hydrogen-bond acceptors (Lipinski definition) is 8. The van der Waals surface area contributed by atoms with Gasteiger partial charge in [-0.15, -0.1) is 0 Å².